The number of halogens is 2. The molecule has 0 spiro atoms. The maximum absolute atomic E-state index is 13.3. The SMILES string of the molecule is CCNC(=O)Nc1cccc(OCCCOc2ncnc3scc(-c4ccc(F)cc4)c23)c1.NC(=O)c1ccc(OCCOc2ncnc3scc(-c4ccc(F)cc4)c23)cc1. The molecule has 8 rings (SSSR count). The number of aromatic nitrogens is 4. The normalized spacial score (nSPS) is 10.8. The van der Waals surface area contributed by atoms with Gasteiger partial charge in [-0.05, 0) is 78.7 Å². The largest absolute Gasteiger partial charge is 0.493 e. The summed E-state index contributed by atoms with van der Waals surface area (Å²) in [4.78, 5) is 41.5. The van der Waals surface area contributed by atoms with Gasteiger partial charge < -0.3 is 35.3 Å². The molecule has 0 unspecified atom stereocenters. The van der Waals surface area contributed by atoms with Crippen LogP contribution in [0.3, 0.4) is 0 Å². The number of anilines is 1. The second kappa shape index (κ2) is 20.8. The minimum atomic E-state index is -0.486. The van der Waals surface area contributed by atoms with Crippen LogP contribution in [0, 0.1) is 11.6 Å². The van der Waals surface area contributed by atoms with Gasteiger partial charge in [-0.2, -0.15) is 0 Å². The van der Waals surface area contributed by atoms with Gasteiger partial charge in [-0.15, -0.1) is 22.7 Å². The van der Waals surface area contributed by atoms with Gasteiger partial charge in [0, 0.05) is 52.2 Å². The second-order valence-electron chi connectivity index (χ2n) is 13.2. The van der Waals surface area contributed by atoms with E-state index in [9.17, 15) is 18.4 Å². The summed E-state index contributed by atoms with van der Waals surface area (Å²) < 4.78 is 49.7. The van der Waals surface area contributed by atoms with Gasteiger partial charge in [-0.3, -0.25) is 4.79 Å². The van der Waals surface area contributed by atoms with Crippen molar-refractivity contribution in [3.8, 4) is 45.5 Å². The first-order valence-electron chi connectivity index (χ1n) is 19.3. The molecule has 0 aliphatic heterocycles. The molecule has 4 aromatic carbocycles. The number of benzene rings is 4. The summed E-state index contributed by atoms with van der Waals surface area (Å²) in [6.07, 6.45) is 3.56. The molecular weight excluding hydrogens is 837 g/mol. The molecule has 4 aromatic heterocycles. The zero-order chi connectivity index (χ0) is 43.3. The van der Waals surface area contributed by atoms with E-state index in [1.54, 1.807) is 60.7 Å². The monoisotopic (exact) mass is 875 g/mol. The molecule has 17 heteroatoms. The van der Waals surface area contributed by atoms with E-state index in [0.29, 0.717) is 60.7 Å². The summed E-state index contributed by atoms with van der Waals surface area (Å²) in [5, 5.41) is 11.0. The van der Waals surface area contributed by atoms with Crippen LogP contribution < -0.4 is 35.3 Å². The van der Waals surface area contributed by atoms with Crippen molar-refractivity contribution in [1.29, 1.82) is 0 Å². The number of urea groups is 1. The van der Waals surface area contributed by atoms with Crippen LogP contribution in [0.5, 0.6) is 23.3 Å². The maximum Gasteiger partial charge on any atom is 0.319 e. The van der Waals surface area contributed by atoms with Crippen molar-refractivity contribution < 1.29 is 37.3 Å². The standard InChI is InChI=1S/C24H23FN4O3S.C21H16FN3O3S/c1-2-26-24(30)29-18-5-3-6-19(13-18)31-11-4-12-32-22-21-20(14-33-23(21)28-15-27-22)16-7-9-17(25)10-8-16;22-15-5-1-13(2-6-15)17-11-29-21-18(17)20(24-12-25-21)28-10-9-27-16-7-3-14(4-8-16)19(23)26/h3,5-10,13-15H,2,4,11-12H2,1H3,(H2,26,29,30);1-8,11-12H,9-10H2,(H2,23,26). The minimum Gasteiger partial charge on any atom is -0.493 e. The van der Waals surface area contributed by atoms with Gasteiger partial charge in [0.15, 0.2) is 0 Å². The molecule has 3 amide bonds. The van der Waals surface area contributed by atoms with E-state index in [1.165, 1.54) is 59.6 Å². The molecule has 316 valence electrons. The number of thiophene rings is 2. The molecule has 0 saturated carbocycles. The Morgan fingerprint density at radius 1 is 0.645 bits per heavy atom. The van der Waals surface area contributed by atoms with Gasteiger partial charge in [0.05, 0.1) is 24.0 Å². The Morgan fingerprint density at radius 2 is 1.18 bits per heavy atom. The number of primary amides is 1. The number of rotatable bonds is 16. The fourth-order valence-electron chi connectivity index (χ4n) is 6.03. The Hall–Kier alpha value is -7.24. The third kappa shape index (κ3) is 11.1. The smallest absolute Gasteiger partial charge is 0.319 e. The van der Waals surface area contributed by atoms with Crippen LogP contribution in [0.4, 0.5) is 19.3 Å². The van der Waals surface area contributed by atoms with Crippen LogP contribution in [0.2, 0.25) is 0 Å². The van der Waals surface area contributed by atoms with Gasteiger partial charge in [-0.25, -0.2) is 33.5 Å². The highest BCUT2D eigenvalue weighted by molar-refractivity contribution is 7.17. The van der Waals surface area contributed by atoms with Crippen molar-refractivity contribution in [2.45, 2.75) is 13.3 Å². The molecule has 0 aliphatic carbocycles. The Morgan fingerprint density at radius 3 is 1.74 bits per heavy atom. The van der Waals surface area contributed by atoms with Crippen molar-refractivity contribution in [2.75, 3.05) is 38.3 Å². The summed E-state index contributed by atoms with van der Waals surface area (Å²) >= 11 is 2.97. The van der Waals surface area contributed by atoms with Gasteiger partial charge in [0.2, 0.25) is 17.7 Å². The zero-order valence-electron chi connectivity index (χ0n) is 33.2. The number of fused-ring (bicyclic) bond motifs is 2. The number of nitrogens with zero attached hydrogens (tertiary/aromatic N) is 4. The molecule has 0 bridgehead atoms. The molecule has 0 atom stereocenters. The van der Waals surface area contributed by atoms with Crippen molar-refractivity contribution in [2.24, 2.45) is 5.73 Å². The maximum atomic E-state index is 13.3. The number of amides is 3. The average molecular weight is 876 g/mol. The number of nitrogens with two attached hydrogens (primary N) is 1. The number of ether oxygens (including phenoxy) is 4. The lowest BCUT2D eigenvalue weighted by atomic mass is 10.1. The zero-order valence-corrected chi connectivity index (χ0v) is 34.8. The summed E-state index contributed by atoms with van der Waals surface area (Å²) in [6.45, 7) is 3.81. The van der Waals surface area contributed by atoms with Crippen molar-refractivity contribution >= 4 is 60.7 Å². The van der Waals surface area contributed by atoms with Crippen LogP contribution >= 0.6 is 22.7 Å². The highest BCUT2D eigenvalue weighted by atomic mass is 32.1. The fourth-order valence-corrected chi connectivity index (χ4v) is 7.84. The van der Waals surface area contributed by atoms with Crippen molar-refractivity contribution in [3.63, 3.8) is 0 Å². The highest BCUT2D eigenvalue weighted by Crippen LogP contribution is 2.39. The first-order chi connectivity index (χ1) is 30.2. The molecule has 0 radical (unpaired) electrons. The molecule has 62 heavy (non-hydrogen) atoms. The summed E-state index contributed by atoms with van der Waals surface area (Å²) in [5.74, 6) is 1.15. The molecule has 0 saturated heterocycles. The number of carbonyl (C=O) groups is 2. The molecular formula is C45H39F2N7O6S2. The first kappa shape index (κ1) is 42.9. The van der Waals surface area contributed by atoms with Crippen LogP contribution in [-0.2, 0) is 0 Å². The van der Waals surface area contributed by atoms with Gasteiger partial charge in [0.25, 0.3) is 0 Å². The molecule has 4 N–H and O–H groups in total. The van der Waals surface area contributed by atoms with Gasteiger partial charge >= 0.3 is 6.03 Å². The minimum absolute atomic E-state index is 0.257. The van der Waals surface area contributed by atoms with E-state index in [4.69, 9.17) is 24.7 Å². The fraction of sp³-hybridized carbons (Fsp3) is 0.156. The number of hydrogen-bond acceptors (Lipinski definition) is 12. The number of nitrogens with one attached hydrogen (secondary N) is 2. The van der Waals surface area contributed by atoms with Crippen LogP contribution in [0.1, 0.15) is 23.7 Å². The Bertz CT molecular complexity index is 2750. The first-order valence-corrected chi connectivity index (χ1v) is 21.0. The van der Waals surface area contributed by atoms with Gasteiger partial charge in [-0.1, -0.05) is 30.3 Å². The van der Waals surface area contributed by atoms with Crippen molar-refractivity contribution in [1.82, 2.24) is 25.3 Å². The van der Waals surface area contributed by atoms with E-state index in [2.05, 4.69) is 30.6 Å². The van der Waals surface area contributed by atoms with E-state index in [0.717, 1.165) is 42.7 Å². The molecule has 4 heterocycles. The predicted molar refractivity (Wildman–Crippen MR) is 236 cm³/mol. The average Bonchev–Trinajstić information content (AvgIpc) is 3.92. The second-order valence-corrected chi connectivity index (χ2v) is 14.9. The molecule has 0 aliphatic rings. The summed E-state index contributed by atoms with van der Waals surface area (Å²) in [7, 11) is 0. The van der Waals surface area contributed by atoms with E-state index in [-0.39, 0.29) is 30.9 Å². The Balaban J connectivity index is 0.000000188. The lowest BCUT2D eigenvalue weighted by molar-refractivity contribution is 0.1000. The lowest BCUT2D eigenvalue weighted by Gasteiger charge is -2.10. The summed E-state index contributed by atoms with van der Waals surface area (Å²) in [6, 6.07) is 26.1. The predicted octanol–water partition coefficient (Wildman–Crippen LogP) is 9.54. The topological polar surface area (TPSA) is 173 Å². The van der Waals surface area contributed by atoms with E-state index >= 15 is 0 Å². The third-order valence-corrected chi connectivity index (χ3v) is 10.7. The quantitative estimate of drug-likeness (QED) is 0.0794. The van der Waals surface area contributed by atoms with E-state index in [1.807, 2.05) is 29.8 Å². The van der Waals surface area contributed by atoms with E-state index < -0.39 is 5.91 Å². The molecule has 0 fully saturated rings. The van der Waals surface area contributed by atoms with Crippen LogP contribution in [0.15, 0.2) is 120 Å². The van der Waals surface area contributed by atoms with Gasteiger partial charge in [0.1, 0.15) is 58.7 Å². The highest BCUT2D eigenvalue weighted by Gasteiger charge is 2.16. The third-order valence-electron chi connectivity index (χ3n) is 8.94. The molecule has 8 aromatic rings. The summed E-state index contributed by atoms with van der Waals surface area (Å²) in [5.41, 5.74) is 9.85. The lowest BCUT2D eigenvalue weighted by Crippen LogP contribution is -2.28. The Labute approximate surface area is 362 Å². The van der Waals surface area contributed by atoms with Crippen LogP contribution in [0.25, 0.3) is 42.7 Å². The van der Waals surface area contributed by atoms with Crippen molar-refractivity contribution in [3.05, 3.63) is 138 Å². The number of carbonyl (C=O) groups excluding carboxylic acids is 2. The number of hydrogen-bond donors (Lipinski definition) is 3. The van der Waals surface area contributed by atoms with Crippen LogP contribution in [-0.4, -0.2) is 64.8 Å². The Kier molecular flexibility index (Phi) is 14.4. The molecule has 13 nitrogen and oxygen atoms in total.